The van der Waals surface area contributed by atoms with Crippen molar-refractivity contribution in [1.29, 1.82) is 0 Å². The van der Waals surface area contributed by atoms with Crippen molar-refractivity contribution in [2.45, 2.75) is 18.9 Å². The molecule has 0 fully saturated rings. The number of amides is 1. The third-order valence-corrected chi connectivity index (χ3v) is 2.87. The van der Waals surface area contributed by atoms with Crippen molar-refractivity contribution in [2.24, 2.45) is 5.73 Å². The molecule has 0 saturated carbocycles. The zero-order valence-corrected chi connectivity index (χ0v) is 10.2. The fraction of sp³-hybridized carbons (Fsp3) is 0.417. The van der Waals surface area contributed by atoms with Crippen LogP contribution in [-0.2, 0) is 10.3 Å². The van der Waals surface area contributed by atoms with E-state index in [0.29, 0.717) is 5.56 Å². The van der Waals surface area contributed by atoms with Crippen molar-refractivity contribution in [3.63, 3.8) is 0 Å². The molecule has 3 N–H and O–H groups in total. The molecule has 5 heteroatoms. The van der Waals surface area contributed by atoms with E-state index in [1.807, 2.05) is 0 Å². The first kappa shape index (κ1) is 13.4. The van der Waals surface area contributed by atoms with E-state index in [-0.39, 0.29) is 12.2 Å². The topological polar surface area (TPSA) is 64.3 Å². The van der Waals surface area contributed by atoms with E-state index in [4.69, 9.17) is 10.5 Å². The third-order valence-electron chi connectivity index (χ3n) is 2.87. The number of methoxy groups -OCH3 is 1. The highest BCUT2D eigenvalue weighted by Gasteiger charge is 2.27. The van der Waals surface area contributed by atoms with Gasteiger partial charge in [-0.25, -0.2) is 4.39 Å². The van der Waals surface area contributed by atoms with Crippen LogP contribution >= 0.6 is 0 Å². The zero-order chi connectivity index (χ0) is 13.1. The van der Waals surface area contributed by atoms with Crippen LogP contribution in [0.4, 0.5) is 4.39 Å². The second kappa shape index (κ2) is 5.14. The van der Waals surface area contributed by atoms with Gasteiger partial charge in [0.1, 0.15) is 0 Å². The summed E-state index contributed by atoms with van der Waals surface area (Å²) in [6.07, 6.45) is 0.0925. The second-order valence-electron chi connectivity index (χ2n) is 4.07. The van der Waals surface area contributed by atoms with Gasteiger partial charge in [-0.3, -0.25) is 4.79 Å². The van der Waals surface area contributed by atoms with Crippen LogP contribution in [0.2, 0.25) is 0 Å². The van der Waals surface area contributed by atoms with E-state index >= 15 is 0 Å². The molecule has 0 radical (unpaired) electrons. The lowest BCUT2D eigenvalue weighted by molar-refractivity contribution is -0.119. The lowest BCUT2D eigenvalue weighted by atomic mass is 9.88. The Labute approximate surface area is 100.0 Å². The highest BCUT2D eigenvalue weighted by molar-refractivity contribution is 5.75. The molecule has 0 bridgehead atoms. The van der Waals surface area contributed by atoms with Gasteiger partial charge in [-0.1, -0.05) is 6.07 Å². The number of carbonyl (C=O) groups excluding carboxylic acids is 1. The highest BCUT2D eigenvalue weighted by atomic mass is 19.1. The first-order valence-corrected chi connectivity index (χ1v) is 5.24. The Morgan fingerprint density at radius 2 is 2.24 bits per heavy atom. The number of hydrogen-bond acceptors (Lipinski definition) is 3. The molecule has 4 nitrogen and oxygen atoms in total. The highest BCUT2D eigenvalue weighted by Crippen LogP contribution is 2.28. The summed E-state index contributed by atoms with van der Waals surface area (Å²) < 4.78 is 18.4. The number of primary amides is 1. The Hall–Kier alpha value is -1.62. The van der Waals surface area contributed by atoms with Gasteiger partial charge in [0.15, 0.2) is 11.6 Å². The van der Waals surface area contributed by atoms with Crippen molar-refractivity contribution in [3.8, 4) is 5.75 Å². The lowest BCUT2D eigenvalue weighted by Crippen LogP contribution is -2.40. The maximum Gasteiger partial charge on any atom is 0.219 e. The number of nitrogens with two attached hydrogens (primary N) is 1. The van der Waals surface area contributed by atoms with E-state index in [0.717, 1.165) is 0 Å². The van der Waals surface area contributed by atoms with E-state index in [9.17, 15) is 9.18 Å². The molecular formula is C12H17FN2O2. The normalized spacial score (nSPS) is 14.1. The predicted octanol–water partition coefficient (Wildman–Crippen LogP) is 1.14. The molecule has 1 aromatic carbocycles. The first-order valence-electron chi connectivity index (χ1n) is 5.24. The summed E-state index contributed by atoms with van der Waals surface area (Å²) in [5.74, 6) is -0.736. The zero-order valence-electron chi connectivity index (χ0n) is 10.2. The first-order chi connectivity index (χ1) is 7.92. The van der Waals surface area contributed by atoms with Crippen LogP contribution in [0, 0.1) is 5.82 Å². The monoisotopic (exact) mass is 240 g/mol. The van der Waals surface area contributed by atoms with Gasteiger partial charge in [-0.2, -0.15) is 0 Å². The maximum atomic E-state index is 13.6. The number of rotatable bonds is 5. The van der Waals surface area contributed by atoms with Gasteiger partial charge in [-0.15, -0.1) is 0 Å². The van der Waals surface area contributed by atoms with Crippen molar-refractivity contribution >= 4 is 5.91 Å². The summed E-state index contributed by atoms with van der Waals surface area (Å²) >= 11 is 0. The van der Waals surface area contributed by atoms with Crippen LogP contribution < -0.4 is 15.8 Å². The SMILES string of the molecule is CNC(C)(CC(N)=O)c1ccc(OC)c(F)c1. The second-order valence-corrected chi connectivity index (χ2v) is 4.07. The van der Waals surface area contributed by atoms with Crippen LogP contribution in [0.3, 0.4) is 0 Å². The molecule has 0 heterocycles. The number of hydrogen-bond donors (Lipinski definition) is 2. The van der Waals surface area contributed by atoms with Gasteiger partial charge >= 0.3 is 0 Å². The Kier molecular flexibility index (Phi) is 4.07. The molecule has 0 aliphatic carbocycles. The van der Waals surface area contributed by atoms with Gasteiger partial charge in [0.2, 0.25) is 5.91 Å². The van der Waals surface area contributed by atoms with E-state index in [1.54, 1.807) is 20.0 Å². The van der Waals surface area contributed by atoms with Gasteiger partial charge in [0.25, 0.3) is 0 Å². The molecule has 1 aromatic rings. The number of benzene rings is 1. The largest absolute Gasteiger partial charge is 0.494 e. The van der Waals surface area contributed by atoms with Gasteiger partial charge in [-0.05, 0) is 31.7 Å². The van der Waals surface area contributed by atoms with Crippen LogP contribution in [0.15, 0.2) is 18.2 Å². The molecule has 1 amide bonds. The molecule has 0 aliphatic rings. The maximum absolute atomic E-state index is 13.6. The number of carbonyl (C=O) groups is 1. The minimum absolute atomic E-state index is 0.0925. The van der Waals surface area contributed by atoms with Gasteiger partial charge in [0, 0.05) is 12.0 Å². The fourth-order valence-electron chi connectivity index (χ4n) is 1.69. The van der Waals surface area contributed by atoms with Crippen molar-refractivity contribution in [3.05, 3.63) is 29.6 Å². The Balaban J connectivity index is 3.12. The molecule has 0 spiro atoms. The van der Waals surface area contributed by atoms with Crippen LogP contribution in [0.1, 0.15) is 18.9 Å². The molecule has 1 rings (SSSR count). The predicted molar refractivity (Wildman–Crippen MR) is 63.2 cm³/mol. The summed E-state index contributed by atoms with van der Waals surface area (Å²) in [4.78, 5) is 11.0. The average Bonchev–Trinajstić information content (AvgIpc) is 2.27. The van der Waals surface area contributed by atoms with E-state index < -0.39 is 17.3 Å². The van der Waals surface area contributed by atoms with Gasteiger partial charge < -0.3 is 15.8 Å². The summed E-state index contributed by atoms with van der Waals surface area (Å²) in [7, 11) is 3.10. The summed E-state index contributed by atoms with van der Waals surface area (Å²) in [5, 5.41) is 2.98. The minimum atomic E-state index is -0.682. The third kappa shape index (κ3) is 2.94. The molecular weight excluding hydrogens is 223 g/mol. The average molecular weight is 240 g/mol. The quantitative estimate of drug-likeness (QED) is 0.811. The molecule has 0 aliphatic heterocycles. The van der Waals surface area contributed by atoms with Crippen molar-refractivity contribution < 1.29 is 13.9 Å². The molecule has 0 saturated heterocycles. The van der Waals surface area contributed by atoms with E-state index in [1.165, 1.54) is 19.2 Å². The number of ether oxygens (including phenoxy) is 1. The Bertz CT molecular complexity index is 423. The number of halogens is 1. The summed E-state index contributed by atoms with van der Waals surface area (Å²) in [6, 6.07) is 4.58. The van der Waals surface area contributed by atoms with Crippen molar-refractivity contribution in [1.82, 2.24) is 5.32 Å². The van der Waals surface area contributed by atoms with Crippen LogP contribution in [-0.4, -0.2) is 20.1 Å². The van der Waals surface area contributed by atoms with E-state index in [2.05, 4.69) is 5.32 Å². The summed E-state index contributed by atoms with van der Waals surface area (Å²) in [5.41, 5.74) is 5.16. The minimum Gasteiger partial charge on any atom is -0.494 e. The number of nitrogens with one attached hydrogen (secondary N) is 1. The molecule has 0 aromatic heterocycles. The Morgan fingerprint density at radius 1 is 1.59 bits per heavy atom. The fourth-order valence-corrected chi connectivity index (χ4v) is 1.69. The smallest absolute Gasteiger partial charge is 0.219 e. The van der Waals surface area contributed by atoms with Crippen LogP contribution in [0.25, 0.3) is 0 Å². The summed E-state index contributed by atoms with van der Waals surface area (Å²) in [6.45, 7) is 1.79. The Morgan fingerprint density at radius 3 is 2.65 bits per heavy atom. The molecule has 1 unspecified atom stereocenters. The molecule has 94 valence electrons. The lowest BCUT2D eigenvalue weighted by Gasteiger charge is -2.28. The molecule has 1 atom stereocenters. The standard InChI is InChI=1S/C12H17FN2O2/c1-12(15-2,7-11(14)16)8-4-5-10(17-3)9(13)6-8/h4-6,15H,7H2,1-3H3,(H2,14,16). The van der Waals surface area contributed by atoms with Gasteiger partial charge in [0.05, 0.1) is 7.11 Å². The van der Waals surface area contributed by atoms with Crippen molar-refractivity contribution in [2.75, 3.05) is 14.2 Å². The van der Waals surface area contributed by atoms with Crippen LogP contribution in [0.5, 0.6) is 5.75 Å². The molecule has 17 heavy (non-hydrogen) atoms.